The fourth-order valence-corrected chi connectivity index (χ4v) is 3.13. The van der Waals surface area contributed by atoms with Gasteiger partial charge in [-0.25, -0.2) is 0 Å². The van der Waals surface area contributed by atoms with Crippen LogP contribution in [0, 0.1) is 0 Å². The number of hydrogen-bond acceptors (Lipinski definition) is 6. The zero-order valence-corrected chi connectivity index (χ0v) is 17.2. The van der Waals surface area contributed by atoms with Gasteiger partial charge in [-0.15, -0.1) is 5.10 Å². The summed E-state index contributed by atoms with van der Waals surface area (Å²) in [7, 11) is 3.11. The minimum atomic E-state index is -0.325. The van der Waals surface area contributed by atoms with E-state index in [1.807, 2.05) is 30.3 Å². The normalized spacial score (nSPS) is 10.5. The molecule has 3 aromatic carbocycles. The molecular formula is C24H21N3O4. The molecule has 0 aliphatic rings. The third kappa shape index (κ3) is 4.72. The molecule has 31 heavy (non-hydrogen) atoms. The molecule has 0 aliphatic carbocycles. The van der Waals surface area contributed by atoms with Crippen molar-refractivity contribution in [3.8, 4) is 23.0 Å². The number of hydrogen-bond donors (Lipinski definition) is 1. The Kier molecular flexibility index (Phi) is 5.93. The molecule has 0 atom stereocenters. The zero-order chi connectivity index (χ0) is 21.6. The van der Waals surface area contributed by atoms with Gasteiger partial charge in [-0.2, -0.15) is 0 Å². The van der Waals surface area contributed by atoms with Gasteiger partial charge < -0.3 is 13.9 Å². The van der Waals surface area contributed by atoms with Crippen LogP contribution in [0.3, 0.4) is 0 Å². The van der Waals surface area contributed by atoms with Crippen molar-refractivity contribution in [2.75, 3.05) is 19.5 Å². The van der Waals surface area contributed by atoms with E-state index in [0.717, 1.165) is 12.0 Å². The molecule has 1 aromatic heterocycles. The number of nitrogens with one attached hydrogen (secondary N) is 1. The van der Waals surface area contributed by atoms with E-state index in [1.165, 1.54) is 5.56 Å². The predicted octanol–water partition coefficient (Wildman–Crippen LogP) is 4.60. The van der Waals surface area contributed by atoms with E-state index in [2.05, 4.69) is 27.6 Å². The molecule has 7 nitrogen and oxygen atoms in total. The highest BCUT2D eigenvalue weighted by Gasteiger charge is 2.15. The lowest BCUT2D eigenvalue weighted by Crippen LogP contribution is -2.12. The highest BCUT2D eigenvalue weighted by atomic mass is 16.5. The first-order valence-corrected chi connectivity index (χ1v) is 9.66. The van der Waals surface area contributed by atoms with Crippen molar-refractivity contribution in [2.24, 2.45) is 0 Å². The van der Waals surface area contributed by atoms with Gasteiger partial charge in [-0.05, 0) is 47.9 Å². The Labute approximate surface area is 179 Å². The Morgan fingerprint density at radius 3 is 2.29 bits per heavy atom. The number of carbonyl (C=O) groups excluding carboxylic acids is 1. The maximum atomic E-state index is 12.5. The minimum absolute atomic E-state index is 0.0168. The fourth-order valence-electron chi connectivity index (χ4n) is 3.13. The van der Waals surface area contributed by atoms with Crippen molar-refractivity contribution in [2.45, 2.75) is 6.42 Å². The maximum absolute atomic E-state index is 12.5. The summed E-state index contributed by atoms with van der Waals surface area (Å²) in [4.78, 5) is 12.5. The molecule has 0 spiro atoms. The van der Waals surface area contributed by atoms with Crippen molar-refractivity contribution in [1.82, 2.24) is 10.2 Å². The summed E-state index contributed by atoms with van der Waals surface area (Å²) in [5, 5.41) is 10.5. The van der Waals surface area contributed by atoms with Crippen LogP contribution in [-0.2, 0) is 6.42 Å². The standard InChI is InChI=1S/C24H21N3O4/c1-29-20-13-12-19(15-21(20)30-2)23-26-27-24(31-23)25-22(28)18-10-8-17(9-11-18)14-16-6-4-3-5-7-16/h3-13,15H,14H2,1-2H3,(H,25,27,28). The highest BCUT2D eigenvalue weighted by molar-refractivity contribution is 6.03. The van der Waals surface area contributed by atoms with Crippen molar-refractivity contribution >= 4 is 11.9 Å². The second-order valence-corrected chi connectivity index (χ2v) is 6.80. The summed E-state index contributed by atoms with van der Waals surface area (Å²) in [5.41, 5.74) is 3.49. The van der Waals surface area contributed by atoms with Crippen LogP contribution in [0.1, 0.15) is 21.5 Å². The third-order valence-electron chi connectivity index (χ3n) is 4.74. The van der Waals surface area contributed by atoms with Gasteiger partial charge in [-0.3, -0.25) is 10.1 Å². The number of carbonyl (C=O) groups is 1. The number of methoxy groups -OCH3 is 2. The summed E-state index contributed by atoms with van der Waals surface area (Å²) >= 11 is 0. The maximum Gasteiger partial charge on any atom is 0.322 e. The lowest BCUT2D eigenvalue weighted by Gasteiger charge is -2.07. The second kappa shape index (κ2) is 9.13. The average Bonchev–Trinajstić information content (AvgIpc) is 3.28. The van der Waals surface area contributed by atoms with Crippen LogP contribution in [0.15, 0.2) is 77.2 Å². The molecule has 0 saturated carbocycles. The average molecular weight is 415 g/mol. The van der Waals surface area contributed by atoms with E-state index >= 15 is 0 Å². The lowest BCUT2D eigenvalue weighted by atomic mass is 10.0. The Bertz CT molecular complexity index is 1170. The van der Waals surface area contributed by atoms with Crippen LogP contribution in [0.4, 0.5) is 6.01 Å². The molecule has 0 fully saturated rings. The number of amides is 1. The SMILES string of the molecule is COc1ccc(-c2nnc(NC(=O)c3ccc(Cc4ccccc4)cc3)o2)cc1OC. The summed E-state index contributed by atoms with van der Waals surface area (Å²) in [6.45, 7) is 0. The molecule has 0 radical (unpaired) electrons. The van der Waals surface area contributed by atoms with Crippen molar-refractivity contribution < 1.29 is 18.7 Å². The molecule has 1 amide bonds. The van der Waals surface area contributed by atoms with Gasteiger partial charge in [0, 0.05) is 11.1 Å². The van der Waals surface area contributed by atoms with Gasteiger partial charge in [0.25, 0.3) is 5.91 Å². The number of aromatic nitrogens is 2. The smallest absolute Gasteiger partial charge is 0.322 e. The van der Waals surface area contributed by atoms with E-state index in [0.29, 0.717) is 22.6 Å². The van der Waals surface area contributed by atoms with E-state index in [4.69, 9.17) is 13.9 Å². The first kappa shape index (κ1) is 20.2. The first-order chi connectivity index (χ1) is 15.2. The Balaban J connectivity index is 1.43. The van der Waals surface area contributed by atoms with Gasteiger partial charge in [0.2, 0.25) is 5.89 Å². The fraction of sp³-hybridized carbons (Fsp3) is 0.125. The van der Waals surface area contributed by atoms with Gasteiger partial charge in [0.1, 0.15) is 0 Å². The molecule has 1 N–H and O–H groups in total. The predicted molar refractivity (Wildman–Crippen MR) is 116 cm³/mol. The molecule has 0 saturated heterocycles. The van der Waals surface area contributed by atoms with Crippen LogP contribution in [-0.4, -0.2) is 30.3 Å². The quantitative estimate of drug-likeness (QED) is 0.475. The van der Waals surface area contributed by atoms with Crippen LogP contribution < -0.4 is 14.8 Å². The van der Waals surface area contributed by atoms with Crippen LogP contribution in [0.25, 0.3) is 11.5 Å². The van der Waals surface area contributed by atoms with Gasteiger partial charge in [0.15, 0.2) is 11.5 Å². The van der Waals surface area contributed by atoms with Crippen LogP contribution in [0.2, 0.25) is 0 Å². The molecule has 156 valence electrons. The van der Waals surface area contributed by atoms with E-state index in [1.54, 1.807) is 44.6 Å². The molecule has 0 bridgehead atoms. The van der Waals surface area contributed by atoms with E-state index < -0.39 is 0 Å². The third-order valence-corrected chi connectivity index (χ3v) is 4.74. The molecule has 0 aliphatic heterocycles. The minimum Gasteiger partial charge on any atom is -0.493 e. The topological polar surface area (TPSA) is 86.5 Å². The molecule has 4 aromatic rings. The molecule has 1 heterocycles. The van der Waals surface area contributed by atoms with Crippen molar-refractivity contribution in [3.05, 3.63) is 89.5 Å². The lowest BCUT2D eigenvalue weighted by molar-refractivity contribution is 0.102. The first-order valence-electron chi connectivity index (χ1n) is 9.66. The number of rotatable bonds is 7. The second-order valence-electron chi connectivity index (χ2n) is 6.80. The zero-order valence-electron chi connectivity index (χ0n) is 17.2. The summed E-state index contributed by atoms with van der Waals surface area (Å²) in [6.07, 6.45) is 0.807. The summed E-state index contributed by atoms with van der Waals surface area (Å²) in [6, 6.07) is 22.8. The Morgan fingerprint density at radius 1 is 0.871 bits per heavy atom. The largest absolute Gasteiger partial charge is 0.493 e. The monoisotopic (exact) mass is 415 g/mol. The number of nitrogens with zero attached hydrogens (tertiary/aromatic N) is 2. The van der Waals surface area contributed by atoms with Crippen molar-refractivity contribution in [3.63, 3.8) is 0 Å². The van der Waals surface area contributed by atoms with Gasteiger partial charge >= 0.3 is 6.01 Å². The van der Waals surface area contributed by atoms with E-state index in [-0.39, 0.29) is 17.8 Å². The van der Waals surface area contributed by atoms with Crippen LogP contribution >= 0.6 is 0 Å². The van der Waals surface area contributed by atoms with E-state index in [9.17, 15) is 4.79 Å². The molecular weight excluding hydrogens is 394 g/mol. The van der Waals surface area contributed by atoms with Gasteiger partial charge in [0.05, 0.1) is 14.2 Å². The highest BCUT2D eigenvalue weighted by Crippen LogP contribution is 2.32. The number of benzene rings is 3. The van der Waals surface area contributed by atoms with Gasteiger partial charge in [-0.1, -0.05) is 47.6 Å². The summed E-state index contributed by atoms with van der Waals surface area (Å²) in [5.74, 6) is 1.07. The van der Waals surface area contributed by atoms with Crippen molar-refractivity contribution in [1.29, 1.82) is 0 Å². The molecule has 7 heteroatoms. The number of anilines is 1. The summed E-state index contributed by atoms with van der Waals surface area (Å²) < 4.78 is 16.1. The van der Waals surface area contributed by atoms with Crippen LogP contribution in [0.5, 0.6) is 11.5 Å². The molecule has 4 rings (SSSR count). The number of ether oxygens (including phenoxy) is 2. The Morgan fingerprint density at radius 2 is 1.58 bits per heavy atom. The Hall–Kier alpha value is -4.13. The molecule has 0 unspecified atom stereocenters.